The Balaban J connectivity index is 1.49. The van der Waals surface area contributed by atoms with Crippen LogP contribution in [0.15, 0.2) is 36.4 Å². The van der Waals surface area contributed by atoms with Crippen molar-refractivity contribution in [1.29, 1.82) is 0 Å². The summed E-state index contributed by atoms with van der Waals surface area (Å²) >= 11 is 1.84. The fourth-order valence-electron chi connectivity index (χ4n) is 2.67. The maximum Gasteiger partial charge on any atom is 0.126 e. The summed E-state index contributed by atoms with van der Waals surface area (Å²) in [6, 6.07) is 12.0. The fraction of sp³-hybridized carbons (Fsp3) is 0.375. The van der Waals surface area contributed by atoms with Crippen LogP contribution in [-0.2, 0) is 6.54 Å². The van der Waals surface area contributed by atoms with Crippen molar-refractivity contribution in [3.8, 4) is 0 Å². The van der Waals surface area contributed by atoms with Gasteiger partial charge in [0.1, 0.15) is 5.82 Å². The molecule has 0 atom stereocenters. The average Bonchev–Trinajstić information content (AvgIpc) is 2.75. The minimum Gasteiger partial charge on any atom is -0.309 e. The lowest BCUT2D eigenvalue weighted by Gasteiger charge is -2.36. The lowest BCUT2D eigenvalue weighted by Crippen LogP contribution is -2.39. The van der Waals surface area contributed by atoms with Crippen molar-refractivity contribution in [1.82, 2.24) is 5.32 Å². The minimum atomic E-state index is -0.0557. The van der Waals surface area contributed by atoms with E-state index in [1.165, 1.54) is 9.75 Å². The number of benzene rings is 1. The molecule has 0 spiro atoms. The van der Waals surface area contributed by atoms with Gasteiger partial charge in [0.25, 0.3) is 0 Å². The Morgan fingerprint density at radius 2 is 2.00 bits per heavy atom. The predicted octanol–water partition coefficient (Wildman–Crippen LogP) is 4.23. The second kappa shape index (κ2) is 5.43. The van der Waals surface area contributed by atoms with E-state index >= 15 is 0 Å². The van der Waals surface area contributed by atoms with Gasteiger partial charge in [0, 0.05) is 22.3 Å². The zero-order chi connectivity index (χ0) is 13.2. The number of rotatable bonds is 4. The summed E-state index contributed by atoms with van der Waals surface area (Å²) in [5.74, 6) is 0.337. The first-order chi connectivity index (χ1) is 9.22. The van der Waals surface area contributed by atoms with Gasteiger partial charge in [-0.05, 0) is 49.4 Å². The highest BCUT2D eigenvalue weighted by Gasteiger charge is 2.31. The molecule has 0 unspecified atom stereocenters. The third-order valence-corrected chi connectivity index (χ3v) is 4.84. The molecule has 1 heterocycles. The molecule has 1 fully saturated rings. The van der Waals surface area contributed by atoms with Crippen molar-refractivity contribution >= 4 is 11.3 Å². The Bertz CT molecular complexity index is 557. The van der Waals surface area contributed by atoms with E-state index in [2.05, 4.69) is 24.4 Å². The van der Waals surface area contributed by atoms with Gasteiger partial charge in [-0.1, -0.05) is 18.2 Å². The maximum absolute atomic E-state index is 13.6. The second-order valence-electron chi connectivity index (χ2n) is 5.28. The first kappa shape index (κ1) is 12.8. The highest BCUT2D eigenvalue weighted by atomic mass is 32.1. The van der Waals surface area contributed by atoms with Crippen molar-refractivity contribution in [3.05, 3.63) is 57.5 Å². The van der Waals surface area contributed by atoms with E-state index in [1.54, 1.807) is 12.1 Å². The minimum absolute atomic E-state index is 0.0557. The SMILES string of the molecule is Cc1ccc(CNC2CC(c3ccccc3F)C2)s1. The van der Waals surface area contributed by atoms with Gasteiger partial charge >= 0.3 is 0 Å². The molecule has 100 valence electrons. The molecule has 3 rings (SSSR count). The Hall–Kier alpha value is -1.19. The summed E-state index contributed by atoms with van der Waals surface area (Å²) in [5.41, 5.74) is 0.882. The van der Waals surface area contributed by atoms with Gasteiger partial charge in [-0.2, -0.15) is 0 Å². The van der Waals surface area contributed by atoms with Crippen LogP contribution in [0.4, 0.5) is 4.39 Å². The number of aryl methyl sites for hydroxylation is 1. The Morgan fingerprint density at radius 1 is 1.21 bits per heavy atom. The van der Waals surface area contributed by atoms with E-state index in [4.69, 9.17) is 0 Å². The number of halogens is 1. The summed E-state index contributed by atoms with van der Waals surface area (Å²) in [5, 5.41) is 3.56. The standard InChI is InChI=1S/C16H18FNS/c1-11-6-7-14(19-11)10-18-13-8-12(9-13)15-4-2-3-5-16(15)17/h2-7,12-13,18H,8-10H2,1H3. The summed E-state index contributed by atoms with van der Waals surface area (Å²) in [7, 11) is 0. The van der Waals surface area contributed by atoms with Crippen LogP contribution in [0.1, 0.15) is 34.1 Å². The average molecular weight is 275 g/mol. The van der Waals surface area contributed by atoms with Gasteiger partial charge < -0.3 is 5.32 Å². The van der Waals surface area contributed by atoms with Gasteiger partial charge in [0.15, 0.2) is 0 Å². The van der Waals surface area contributed by atoms with Crippen LogP contribution in [0, 0.1) is 12.7 Å². The summed E-state index contributed by atoms with van der Waals surface area (Å²) in [4.78, 5) is 2.74. The molecular weight excluding hydrogens is 257 g/mol. The normalized spacial score (nSPS) is 22.2. The molecule has 1 aromatic heterocycles. The molecule has 1 aliphatic carbocycles. The molecular formula is C16H18FNS. The summed E-state index contributed by atoms with van der Waals surface area (Å²) < 4.78 is 13.6. The molecule has 0 saturated heterocycles. The monoisotopic (exact) mass is 275 g/mol. The van der Waals surface area contributed by atoms with E-state index in [-0.39, 0.29) is 5.82 Å². The molecule has 1 aromatic carbocycles. The molecule has 0 amide bonds. The summed E-state index contributed by atoms with van der Waals surface area (Å²) in [6.45, 7) is 3.07. The molecule has 1 nitrogen and oxygen atoms in total. The highest BCUT2D eigenvalue weighted by molar-refractivity contribution is 7.11. The van der Waals surface area contributed by atoms with Crippen molar-refractivity contribution in [2.75, 3.05) is 0 Å². The molecule has 1 aliphatic rings. The summed E-state index contributed by atoms with van der Waals surface area (Å²) in [6.07, 6.45) is 2.09. The highest BCUT2D eigenvalue weighted by Crippen LogP contribution is 2.38. The molecule has 1 saturated carbocycles. The van der Waals surface area contributed by atoms with Gasteiger partial charge in [-0.15, -0.1) is 11.3 Å². The zero-order valence-electron chi connectivity index (χ0n) is 11.0. The molecule has 0 radical (unpaired) electrons. The molecule has 19 heavy (non-hydrogen) atoms. The quantitative estimate of drug-likeness (QED) is 0.880. The van der Waals surface area contributed by atoms with Gasteiger partial charge in [0.2, 0.25) is 0 Å². The van der Waals surface area contributed by atoms with Crippen LogP contribution in [0.25, 0.3) is 0 Å². The van der Waals surface area contributed by atoms with E-state index < -0.39 is 0 Å². The van der Waals surface area contributed by atoms with Gasteiger partial charge in [0.05, 0.1) is 0 Å². The van der Waals surface area contributed by atoms with E-state index in [9.17, 15) is 4.39 Å². The van der Waals surface area contributed by atoms with Crippen LogP contribution >= 0.6 is 11.3 Å². The molecule has 3 heteroatoms. The maximum atomic E-state index is 13.6. The Kier molecular flexibility index (Phi) is 3.67. The lowest BCUT2D eigenvalue weighted by molar-refractivity contribution is 0.284. The van der Waals surface area contributed by atoms with Crippen molar-refractivity contribution < 1.29 is 4.39 Å². The predicted molar refractivity (Wildman–Crippen MR) is 78.1 cm³/mol. The van der Waals surface area contributed by atoms with Crippen LogP contribution in [0.3, 0.4) is 0 Å². The van der Waals surface area contributed by atoms with Gasteiger partial charge in [-0.25, -0.2) is 4.39 Å². The number of thiophene rings is 1. The van der Waals surface area contributed by atoms with Gasteiger partial charge in [-0.3, -0.25) is 0 Å². The largest absolute Gasteiger partial charge is 0.309 e. The second-order valence-corrected chi connectivity index (χ2v) is 6.65. The van der Waals surface area contributed by atoms with Crippen LogP contribution in [-0.4, -0.2) is 6.04 Å². The first-order valence-corrected chi connectivity index (χ1v) is 7.57. The Morgan fingerprint density at radius 3 is 2.68 bits per heavy atom. The van der Waals surface area contributed by atoms with Crippen LogP contribution in [0.2, 0.25) is 0 Å². The van der Waals surface area contributed by atoms with E-state index in [0.29, 0.717) is 12.0 Å². The topological polar surface area (TPSA) is 12.0 Å². The smallest absolute Gasteiger partial charge is 0.126 e. The number of hydrogen-bond donors (Lipinski definition) is 1. The van der Waals surface area contributed by atoms with Crippen LogP contribution in [0.5, 0.6) is 0 Å². The zero-order valence-corrected chi connectivity index (χ0v) is 11.8. The molecule has 0 bridgehead atoms. The van der Waals surface area contributed by atoms with Crippen LogP contribution < -0.4 is 5.32 Å². The first-order valence-electron chi connectivity index (χ1n) is 6.75. The number of nitrogens with one attached hydrogen (secondary N) is 1. The van der Waals surface area contributed by atoms with E-state index in [0.717, 1.165) is 24.9 Å². The molecule has 0 aliphatic heterocycles. The third-order valence-electron chi connectivity index (χ3n) is 3.84. The fourth-order valence-corrected chi connectivity index (χ4v) is 3.51. The van der Waals surface area contributed by atoms with Crippen molar-refractivity contribution in [2.45, 2.75) is 38.3 Å². The third kappa shape index (κ3) is 2.88. The van der Waals surface area contributed by atoms with Crippen molar-refractivity contribution in [3.63, 3.8) is 0 Å². The van der Waals surface area contributed by atoms with E-state index in [1.807, 2.05) is 23.5 Å². The molecule has 2 aromatic rings. The lowest BCUT2D eigenvalue weighted by atomic mass is 9.75. The number of hydrogen-bond acceptors (Lipinski definition) is 2. The molecule has 1 N–H and O–H groups in total. The van der Waals surface area contributed by atoms with Crippen molar-refractivity contribution in [2.24, 2.45) is 0 Å². The Labute approximate surface area is 117 Å².